The molecule has 5 nitrogen and oxygen atoms in total. The zero-order valence-electron chi connectivity index (χ0n) is 17.3. The molecule has 0 radical (unpaired) electrons. The van der Waals surface area contributed by atoms with E-state index in [9.17, 15) is 22.8 Å². The minimum atomic E-state index is -1.65. The summed E-state index contributed by atoms with van der Waals surface area (Å²) in [6.07, 6.45) is 0.865. The molecule has 0 fully saturated rings. The monoisotopic (exact) mass is 422 g/mol. The molecule has 2 aromatic rings. The second-order valence-corrected chi connectivity index (χ2v) is 7.28. The van der Waals surface area contributed by atoms with E-state index in [4.69, 9.17) is 0 Å². The van der Waals surface area contributed by atoms with Crippen LogP contribution < -0.4 is 15.5 Å². The topological polar surface area (TPSA) is 62.6 Å². The number of halogens is 3. The molecule has 1 unspecified atom stereocenters. The average molecular weight is 422 g/mol. The summed E-state index contributed by atoms with van der Waals surface area (Å²) in [7, 11) is 1.65. The summed E-state index contributed by atoms with van der Waals surface area (Å²) in [6, 6.07) is 11.0. The van der Waals surface area contributed by atoms with Crippen LogP contribution in [0.5, 0.6) is 0 Å². The second-order valence-electron chi connectivity index (χ2n) is 7.28. The lowest BCUT2D eigenvalue weighted by molar-refractivity contribution is -0.885. The molecule has 0 bridgehead atoms. The standard InChI is InChI=1S/C22H26F3N3O2/c1-4-15(16-8-6-5-7-9-16)12-26-22(30)14(2)28(3)13-19(29)27-18-11-10-17(23)20(24)21(18)25/h5-11,14-15H,4,12-13H2,1-3H3,(H,26,30)(H,27,29)/p+1/t14-,15+/m0/s1. The van der Waals surface area contributed by atoms with Gasteiger partial charge in [0.15, 0.2) is 30.0 Å². The van der Waals surface area contributed by atoms with Gasteiger partial charge < -0.3 is 15.5 Å². The molecule has 0 saturated heterocycles. The van der Waals surface area contributed by atoms with Gasteiger partial charge in [0, 0.05) is 12.5 Å². The van der Waals surface area contributed by atoms with Gasteiger partial charge in [-0.2, -0.15) is 0 Å². The first-order valence-corrected chi connectivity index (χ1v) is 9.82. The Balaban J connectivity index is 1.88. The van der Waals surface area contributed by atoms with Crippen LogP contribution >= 0.6 is 0 Å². The Bertz CT molecular complexity index is 877. The Morgan fingerprint density at radius 3 is 2.33 bits per heavy atom. The van der Waals surface area contributed by atoms with E-state index < -0.39 is 35.1 Å². The largest absolute Gasteiger partial charge is 0.350 e. The Hall–Kier alpha value is -2.87. The molecule has 0 aliphatic rings. The third-order valence-electron chi connectivity index (χ3n) is 5.17. The van der Waals surface area contributed by atoms with Crippen molar-refractivity contribution in [1.29, 1.82) is 0 Å². The zero-order valence-corrected chi connectivity index (χ0v) is 17.3. The van der Waals surface area contributed by atoms with Crippen LogP contribution in [0.25, 0.3) is 0 Å². The summed E-state index contributed by atoms with van der Waals surface area (Å²) in [5.74, 6) is -5.09. The molecule has 3 N–H and O–H groups in total. The van der Waals surface area contributed by atoms with E-state index in [1.54, 1.807) is 14.0 Å². The number of hydrogen-bond acceptors (Lipinski definition) is 2. The zero-order chi connectivity index (χ0) is 22.3. The molecule has 30 heavy (non-hydrogen) atoms. The Labute approximate surface area is 174 Å². The Kier molecular flexibility index (Phi) is 8.41. The lowest BCUT2D eigenvalue weighted by atomic mass is 9.96. The first-order chi connectivity index (χ1) is 14.2. The molecule has 2 rings (SSSR count). The average Bonchev–Trinajstić information content (AvgIpc) is 2.74. The Morgan fingerprint density at radius 2 is 1.70 bits per heavy atom. The van der Waals surface area contributed by atoms with Crippen molar-refractivity contribution in [3.05, 3.63) is 65.5 Å². The van der Waals surface area contributed by atoms with Gasteiger partial charge in [-0.05, 0) is 31.0 Å². The van der Waals surface area contributed by atoms with Crippen molar-refractivity contribution < 1.29 is 27.7 Å². The van der Waals surface area contributed by atoms with Gasteiger partial charge in [0.2, 0.25) is 0 Å². The van der Waals surface area contributed by atoms with Crippen molar-refractivity contribution >= 4 is 17.5 Å². The number of benzene rings is 2. The fourth-order valence-electron chi connectivity index (χ4n) is 3.05. The number of nitrogens with one attached hydrogen (secondary N) is 3. The number of carbonyl (C=O) groups is 2. The number of rotatable bonds is 9. The van der Waals surface area contributed by atoms with Gasteiger partial charge in [-0.15, -0.1) is 0 Å². The van der Waals surface area contributed by atoms with E-state index in [0.29, 0.717) is 11.4 Å². The molecule has 0 heterocycles. The van der Waals surface area contributed by atoms with Crippen LogP contribution in [0, 0.1) is 17.5 Å². The second kappa shape index (κ2) is 10.8. The molecule has 0 saturated carbocycles. The number of amides is 2. The maximum Gasteiger partial charge on any atom is 0.279 e. The van der Waals surface area contributed by atoms with Crippen LogP contribution in [0.15, 0.2) is 42.5 Å². The number of hydrogen-bond donors (Lipinski definition) is 3. The normalized spacial score (nSPS) is 13.9. The van der Waals surface area contributed by atoms with Crippen LogP contribution in [0.1, 0.15) is 31.7 Å². The Morgan fingerprint density at radius 1 is 1.03 bits per heavy atom. The third kappa shape index (κ3) is 6.06. The molecule has 3 atom stereocenters. The number of carbonyl (C=O) groups excluding carboxylic acids is 2. The van der Waals surface area contributed by atoms with Crippen LogP contribution in [0.4, 0.5) is 18.9 Å². The molecular formula is C22H27F3N3O2+. The highest BCUT2D eigenvalue weighted by Crippen LogP contribution is 2.19. The van der Waals surface area contributed by atoms with E-state index >= 15 is 0 Å². The van der Waals surface area contributed by atoms with Crippen LogP contribution in [-0.4, -0.2) is 38.0 Å². The molecule has 8 heteroatoms. The summed E-state index contributed by atoms with van der Waals surface area (Å²) in [5.41, 5.74) is 0.694. The summed E-state index contributed by atoms with van der Waals surface area (Å²) in [5, 5.41) is 5.13. The van der Waals surface area contributed by atoms with E-state index in [2.05, 4.69) is 10.6 Å². The third-order valence-corrected chi connectivity index (χ3v) is 5.17. The molecule has 0 spiro atoms. The molecule has 2 amide bonds. The molecule has 0 aromatic heterocycles. The van der Waals surface area contributed by atoms with Gasteiger partial charge in [0.05, 0.1) is 12.7 Å². The highest BCUT2D eigenvalue weighted by molar-refractivity contribution is 5.91. The van der Waals surface area contributed by atoms with E-state index in [1.807, 2.05) is 37.3 Å². The summed E-state index contributed by atoms with van der Waals surface area (Å²) >= 11 is 0. The maximum absolute atomic E-state index is 13.7. The van der Waals surface area contributed by atoms with Gasteiger partial charge in [0.1, 0.15) is 0 Å². The minimum absolute atomic E-state index is 0.150. The summed E-state index contributed by atoms with van der Waals surface area (Å²) in [4.78, 5) is 25.2. The first kappa shape index (κ1) is 23.4. The predicted molar refractivity (Wildman–Crippen MR) is 109 cm³/mol. The van der Waals surface area contributed by atoms with Crippen molar-refractivity contribution in [2.45, 2.75) is 32.2 Å². The maximum atomic E-state index is 13.7. The van der Waals surface area contributed by atoms with Gasteiger partial charge in [0.25, 0.3) is 11.8 Å². The van der Waals surface area contributed by atoms with Gasteiger partial charge in [-0.25, -0.2) is 13.2 Å². The van der Waals surface area contributed by atoms with E-state index in [0.717, 1.165) is 24.1 Å². The molecule has 0 aliphatic carbocycles. The lowest BCUT2D eigenvalue weighted by Gasteiger charge is -2.22. The fraction of sp³-hybridized carbons (Fsp3) is 0.364. The van der Waals surface area contributed by atoms with Crippen LogP contribution in [0.3, 0.4) is 0 Å². The molecule has 2 aromatic carbocycles. The number of likely N-dealkylation sites (N-methyl/N-ethyl adjacent to an activating group) is 1. The first-order valence-electron chi connectivity index (χ1n) is 9.82. The van der Waals surface area contributed by atoms with Gasteiger partial charge in [-0.3, -0.25) is 9.59 Å². The van der Waals surface area contributed by atoms with Crippen molar-refractivity contribution in [2.75, 3.05) is 25.5 Å². The van der Waals surface area contributed by atoms with Crippen LogP contribution in [-0.2, 0) is 9.59 Å². The SMILES string of the molecule is CC[C@H](CNC(=O)[C@H](C)[NH+](C)CC(=O)Nc1ccc(F)c(F)c1F)c1ccccc1. The van der Waals surface area contributed by atoms with Gasteiger partial charge in [-0.1, -0.05) is 37.3 Å². The van der Waals surface area contributed by atoms with Crippen molar-refractivity contribution in [1.82, 2.24) is 5.32 Å². The highest BCUT2D eigenvalue weighted by Gasteiger charge is 2.25. The lowest BCUT2D eigenvalue weighted by Crippen LogP contribution is -3.15. The predicted octanol–water partition coefficient (Wildman–Crippen LogP) is 2.26. The molecular weight excluding hydrogens is 395 g/mol. The minimum Gasteiger partial charge on any atom is -0.350 e. The smallest absolute Gasteiger partial charge is 0.279 e. The van der Waals surface area contributed by atoms with Gasteiger partial charge >= 0.3 is 0 Å². The van der Waals surface area contributed by atoms with E-state index in [-0.39, 0.29) is 18.4 Å². The van der Waals surface area contributed by atoms with Crippen LogP contribution in [0.2, 0.25) is 0 Å². The molecule has 0 aliphatic heterocycles. The molecule has 162 valence electrons. The number of anilines is 1. The van der Waals surface area contributed by atoms with Crippen molar-refractivity contribution in [2.24, 2.45) is 0 Å². The quantitative estimate of drug-likeness (QED) is 0.543. The highest BCUT2D eigenvalue weighted by atomic mass is 19.2. The van der Waals surface area contributed by atoms with Crippen molar-refractivity contribution in [3.63, 3.8) is 0 Å². The van der Waals surface area contributed by atoms with Crippen molar-refractivity contribution in [3.8, 4) is 0 Å². The summed E-state index contributed by atoms with van der Waals surface area (Å²) in [6.45, 7) is 4.05. The van der Waals surface area contributed by atoms with E-state index in [1.165, 1.54) is 0 Å². The number of quaternary nitrogens is 1. The summed E-state index contributed by atoms with van der Waals surface area (Å²) < 4.78 is 40.0. The fourth-order valence-corrected chi connectivity index (χ4v) is 3.05.